The van der Waals surface area contributed by atoms with Crippen LogP contribution in [0.15, 0.2) is 47.3 Å². The van der Waals surface area contributed by atoms with E-state index in [0.717, 1.165) is 80.0 Å². The zero-order chi connectivity index (χ0) is 27.4. The number of hydrogen-bond acceptors (Lipinski definition) is 6. The van der Waals surface area contributed by atoms with Crippen LogP contribution >= 0.6 is 0 Å². The molecule has 0 radical (unpaired) electrons. The third-order valence-electron chi connectivity index (χ3n) is 7.95. The molecular formula is C32H43N3O4. The molecule has 2 aromatic carbocycles. The number of nitrogens with one attached hydrogen (secondary N) is 1. The van der Waals surface area contributed by atoms with Crippen molar-refractivity contribution in [2.24, 2.45) is 5.92 Å². The van der Waals surface area contributed by atoms with Crippen LogP contribution in [0.4, 0.5) is 0 Å². The average Bonchev–Trinajstić information content (AvgIpc) is 2.95. The topological polar surface area (TPSA) is 65.0 Å². The van der Waals surface area contributed by atoms with Gasteiger partial charge in [-0.05, 0) is 72.0 Å². The Balaban J connectivity index is 1.53. The van der Waals surface area contributed by atoms with Gasteiger partial charge in [-0.15, -0.1) is 0 Å². The van der Waals surface area contributed by atoms with Crippen LogP contribution in [0.1, 0.15) is 56.3 Å². The van der Waals surface area contributed by atoms with Crippen LogP contribution in [0.25, 0.3) is 10.9 Å². The Morgan fingerprint density at radius 1 is 1.00 bits per heavy atom. The molecule has 0 spiro atoms. The fourth-order valence-electron chi connectivity index (χ4n) is 6.01. The van der Waals surface area contributed by atoms with E-state index >= 15 is 0 Å². The van der Waals surface area contributed by atoms with E-state index in [1.165, 1.54) is 11.1 Å². The highest BCUT2D eigenvalue weighted by Crippen LogP contribution is 2.38. The summed E-state index contributed by atoms with van der Waals surface area (Å²) in [6.45, 7) is 11.9. The van der Waals surface area contributed by atoms with Crippen molar-refractivity contribution < 1.29 is 14.2 Å². The van der Waals surface area contributed by atoms with Crippen LogP contribution in [0.5, 0.6) is 11.5 Å². The van der Waals surface area contributed by atoms with Crippen LogP contribution < -0.4 is 20.3 Å². The SMILES string of the molecule is CCc1cc2cc(C(c3ccc4c(c3)OCCO4)N3CCC(NCCOC)CC3)ccc2n(CC(C)C)c1=O. The number of pyridine rings is 1. The van der Waals surface area contributed by atoms with Crippen LogP contribution in [0, 0.1) is 5.92 Å². The number of piperidine rings is 1. The molecule has 7 heteroatoms. The van der Waals surface area contributed by atoms with Crippen molar-refractivity contribution in [3.8, 4) is 11.5 Å². The van der Waals surface area contributed by atoms with Gasteiger partial charge >= 0.3 is 0 Å². The Bertz CT molecular complexity index is 1330. The zero-order valence-electron chi connectivity index (χ0n) is 23.9. The lowest BCUT2D eigenvalue weighted by molar-refractivity contribution is 0.150. The van der Waals surface area contributed by atoms with Crippen molar-refractivity contribution >= 4 is 10.9 Å². The number of rotatable bonds is 10. The summed E-state index contributed by atoms with van der Waals surface area (Å²) in [5.74, 6) is 2.02. The van der Waals surface area contributed by atoms with Gasteiger partial charge in [-0.1, -0.05) is 32.9 Å². The summed E-state index contributed by atoms with van der Waals surface area (Å²) in [6, 6.07) is 15.7. The van der Waals surface area contributed by atoms with E-state index < -0.39 is 0 Å². The molecule has 1 aromatic heterocycles. The van der Waals surface area contributed by atoms with Gasteiger partial charge in [0.05, 0.1) is 18.2 Å². The molecule has 2 aliphatic rings. The first-order valence-corrected chi connectivity index (χ1v) is 14.5. The van der Waals surface area contributed by atoms with Gasteiger partial charge < -0.3 is 24.1 Å². The van der Waals surface area contributed by atoms with Crippen LogP contribution in [-0.4, -0.2) is 62.1 Å². The lowest BCUT2D eigenvalue weighted by Gasteiger charge is -2.39. The van der Waals surface area contributed by atoms with Crippen molar-refractivity contribution in [2.45, 2.75) is 58.7 Å². The highest BCUT2D eigenvalue weighted by Gasteiger charge is 2.29. The molecule has 0 bridgehead atoms. The van der Waals surface area contributed by atoms with Gasteiger partial charge in [-0.2, -0.15) is 0 Å². The van der Waals surface area contributed by atoms with E-state index in [2.05, 4.69) is 67.4 Å². The highest BCUT2D eigenvalue weighted by molar-refractivity contribution is 5.81. The second-order valence-electron chi connectivity index (χ2n) is 11.2. The monoisotopic (exact) mass is 533 g/mol. The Morgan fingerprint density at radius 2 is 1.72 bits per heavy atom. The van der Waals surface area contributed by atoms with Gasteiger partial charge in [0.15, 0.2) is 11.5 Å². The summed E-state index contributed by atoms with van der Waals surface area (Å²) < 4.78 is 19.0. The Kier molecular flexibility index (Phi) is 8.90. The number of fused-ring (bicyclic) bond motifs is 2. The van der Waals surface area contributed by atoms with E-state index in [9.17, 15) is 4.79 Å². The van der Waals surface area contributed by atoms with Crippen molar-refractivity contribution in [2.75, 3.05) is 46.6 Å². The minimum Gasteiger partial charge on any atom is -0.486 e. The number of methoxy groups -OCH3 is 1. The van der Waals surface area contributed by atoms with E-state index in [-0.39, 0.29) is 11.6 Å². The minimum absolute atomic E-state index is 0.0840. The molecule has 7 nitrogen and oxygen atoms in total. The first kappa shape index (κ1) is 27.7. The van der Waals surface area contributed by atoms with Crippen molar-refractivity contribution in [1.82, 2.24) is 14.8 Å². The van der Waals surface area contributed by atoms with E-state index in [0.29, 0.717) is 25.2 Å². The zero-order valence-corrected chi connectivity index (χ0v) is 23.9. The first-order chi connectivity index (χ1) is 19.0. The second-order valence-corrected chi connectivity index (χ2v) is 11.2. The van der Waals surface area contributed by atoms with Gasteiger partial charge in [-0.25, -0.2) is 0 Å². The van der Waals surface area contributed by atoms with Gasteiger partial charge in [-0.3, -0.25) is 9.69 Å². The number of likely N-dealkylation sites (tertiary alicyclic amines) is 1. The standard InChI is InChI=1S/C32H43N3O4/c1-5-23-18-26-19-24(6-8-28(26)35(32(23)36)21-22(2)3)31(25-7-9-29-30(20-25)39-17-16-38-29)34-13-10-27(11-14-34)33-12-15-37-4/h6-9,18-20,22,27,31,33H,5,10-17,21H2,1-4H3. The fraction of sp³-hybridized carbons (Fsp3) is 0.531. The first-order valence-electron chi connectivity index (χ1n) is 14.5. The summed E-state index contributed by atoms with van der Waals surface area (Å²) in [5.41, 5.74) is 4.46. The number of nitrogens with zero attached hydrogens (tertiary/aromatic N) is 2. The Hall–Kier alpha value is -2.87. The maximum atomic E-state index is 13.2. The molecule has 0 amide bonds. The maximum Gasteiger partial charge on any atom is 0.254 e. The van der Waals surface area contributed by atoms with E-state index in [1.807, 2.05) is 10.6 Å². The van der Waals surface area contributed by atoms with Gasteiger partial charge in [0.2, 0.25) is 0 Å². The van der Waals surface area contributed by atoms with Crippen molar-refractivity contribution in [3.63, 3.8) is 0 Å². The third-order valence-corrected chi connectivity index (χ3v) is 7.95. The minimum atomic E-state index is 0.0840. The molecule has 0 saturated carbocycles. The summed E-state index contributed by atoms with van der Waals surface area (Å²) in [7, 11) is 1.75. The predicted octanol–water partition coefficient (Wildman–Crippen LogP) is 4.78. The van der Waals surface area contributed by atoms with Crippen molar-refractivity contribution in [1.29, 1.82) is 0 Å². The smallest absolute Gasteiger partial charge is 0.254 e. The second kappa shape index (κ2) is 12.5. The number of aromatic nitrogens is 1. The maximum absolute atomic E-state index is 13.2. The van der Waals surface area contributed by atoms with Crippen LogP contribution in [-0.2, 0) is 17.7 Å². The molecule has 1 N–H and O–H groups in total. The van der Waals surface area contributed by atoms with Crippen LogP contribution in [0.2, 0.25) is 0 Å². The molecule has 1 unspecified atom stereocenters. The largest absolute Gasteiger partial charge is 0.486 e. The van der Waals surface area contributed by atoms with Crippen molar-refractivity contribution in [3.05, 3.63) is 69.5 Å². The van der Waals surface area contributed by atoms with Gasteiger partial charge in [0, 0.05) is 44.9 Å². The molecule has 3 heterocycles. The third kappa shape index (κ3) is 6.16. The lowest BCUT2D eigenvalue weighted by atomic mass is 9.92. The van der Waals surface area contributed by atoms with Gasteiger partial charge in [0.25, 0.3) is 5.56 Å². The summed E-state index contributed by atoms with van der Waals surface area (Å²) in [4.78, 5) is 15.8. The Morgan fingerprint density at radius 3 is 2.44 bits per heavy atom. The molecule has 3 aromatic rings. The normalized spacial score (nSPS) is 17.2. The summed E-state index contributed by atoms with van der Waals surface area (Å²) >= 11 is 0. The summed E-state index contributed by atoms with van der Waals surface area (Å²) in [5, 5.41) is 4.77. The molecule has 210 valence electrons. The lowest BCUT2D eigenvalue weighted by Crippen LogP contribution is -2.44. The molecule has 1 fully saturated rings. The Labute approximate surface area is 232 Å². The predicted molar refractivity (Wildman–Crippen MR) is 156 cm³/mol. The van der Waals surface area contributed by atoms with E-state index in [4.69, 9.17) is 14.2 Å². The quantitative estimate of drug-likeness (QED) is 0.379. The average molecular weight is 534 g/mol. The molecule has 2 aliphatic heterocycles. The number of ether oxygens (including phenoxy) is 3. The number of hydrogen-bond donors (Lipinski definition) is 1. The van der Waals surface area contributed by atoms with Gasteiger partial charge in [0.1, 0.15) is 13.2 Å². The number of aryl methyl sites for hydroxylation is 1. The molecule has 0 aliphatic carbocycles. The molecule has 1 atom stereocenters. The highest BCUT2D eigenvalue weighted by atomic mass is 16.6. The van der Waals surface area contributed by atoms with E-state index in [1.54, 1.807) is 7.11 Å². The molecule has 5 rings (SSSR count). The molecular weight excluding hydrogens is 490 g/mol. The summed E-state index contributed by atoms with van der Waals surface area (Å²) in [6.07, 6.45) is 2.91. The number of benzene rings is 2. The molecule has 39 heavy (non-hydrogen) atoms. The molecule has 1 saturated heterocycles. The fourth-order valence-corrected chi connectivity index (χ4v) is 6.01. The van der Waals surface area contributed by atoms with Crippen LogP contribution in [0.3, 0.4) is 0 Å².